The van der Waals surface area contributed by atoms with Crippen molar-refractivity contribution in [1.29, 1.82) is 0 Å². The lowest BCUT2D eigenvalue weighted by molar-refractivity contribution is -0.114. The quantitative estimate of drug-likeness (QED) is 0.473. The van der Waals surface area contributed by atoms with Gasteiger partial charge in [-0.1, -0.05) is 16.8 Å². The monoisotopic (exact) mass is 227 g/mol. The fourth-order valence-electron chi connectivity index (χ4n) is 0.985. The highest BCUT2D eigenvalue weighted by molar-refractivity contribution is 6.48. The predicted octanol–water partition coefficient (Wildman–Crippen LogP) is 0.831. The maximum Gasteiger partial charge on any atom is 0.273 e. The predicted molar refractivity (Wildman–Crippen MR) is 56.9 cm³/mol. The number of nitrogens with zero attached hydrogens (tertiary/aromatic N) is 2. The van der Waals surface area contributed by atoms with Crippen LogP contribution in [0.15, 0.2) is 23.5 Å². The molecule has 0 spiro atoms. The van der Waals surface area contributed by atoms with Gasteiger partial charge in [-0.25, -0.2) is 4.98 Å². The lowest BCUT2D eigenvalue weighted by Crippen LogP contribution is -2.28. The molecule has 1 amide bonds. The first-order valence-electron chi connectivity index (χ1n) is 4.14. The van der Waals surface area contributed by atoms with E-state index in [-0.39, 0.29) is 16.8 Å². The first-order chi connectivity index (χ1) is 7.20. The molecular formula is C9H10ClN3O2. The molecule has 1 N–H and O–H groups in total. The topological polar surface area (TPSA) is 63.6 Å². The molecule has 1 aromatic rings. The Morgan fingerprint density at radius 3 is 2.93 bits per heavy atom. The van der Waals surface area contributed by atoms with Crippen LogP contribution in [0.3, 0.4) is 0 Å². The van der Waals surface area contributed by atoms with Crippen molar-refractivity contribution in [2.75, 3.05) is 14.2 Å². The number of amides is 1. The Morgan fingerprint density at radius 2 is 2.40 bits per heavy atom. The molecule has 0 aromatic carbocycles. The second kappa shape index (κ2) is 5.31. The lowest BCUT2D eigenvalue weighted by Gasteiger charge is -2.04. The van der Waals surface area contributed by atoms with Gasteiger partial charge in [0.15, 0.2) is 5.71 Å². The van der Waals surface area contributed by atoms with Gasteiger partial charge in [0.2, 0.25) is 0 Å². The normalized spacial score (nSPS) is 11.0. The van der Waals surface area contributed by atoms with Crippen LogP contribution in [0.25, 0.3) is 0 Å². The number of aromatic nitrogens is 1. The van der Waals surface area contributed by atoms with E-state index in [2.05, 4.69) is 20.3 Å². The van der Waals surface area contributed by atoms with Gasteiger partial charge in [-0.2, -0.15) is 0 Å². The van der Waals surface area contributed by atoms with Crippen LogP contribution in [0.4, 0.5) is 0 Å². The highest BCUT2D eigenvalue weighted by atomic mass is 35.5. The highest BCUT2D eigenvalue weighted by Gasteiger charge is 2.16. The SMILES string of the molecule is CNC(=O)C(=NOC)c1cccnc1Cl. The molecule has 0 aliphatic carbocycles. The summed E-state index contributed by atoms with van der Waals surface area (Å²) in [5.74, 6) is -0.383. The summed E-state index contributed by atoms with van der Waals surface area (Å²) in [6, 6.07) is 3.30. The minimum absolute atomic E-state index is 0.0955. The van der Waals surface area contributed by atoms with Crippen LogP contribution in [-0.2, 0) is 9.63 Å². The van der Waals surface area contributed by atoms with Crippen LogP contribution in [0, 0.1) is 0 Å². The summed E-state index contributed by atoms with van der Waals surface area (Å²) in [4.78, 5) is 19.9. The van der Waals surface area contributed by atoms with Crippen molar-refractivity contribution in [3.8, 4) is 0 Å². The molecule has 80 valence electrons. The molecule has 0 aliphatic heterocycles. The molecule has 0 unspecified atom stereocenters. The van der Waals surface area contributed by atoms with Gasteiger partial charge in [-0.15, -0.1) is 0 Å². The summed E-state index contributed by atoms with van der Waals surface area (Å²) in [6.07, 6.45) is 1.53. The largest absolute Gasteiger partial charge is 0.398 e. The maximum atomic E-state index is 11.4. The van der Waals surface area contributed by atoms with E-state index in [1.165, 1.54) is 20.4 Å². The molecule has 15 heavy (non-hydrogen) atoms. The van der Waals surface area contributed by atoms with E-state index in [1.54, 1.807) is 12.1 Å². The first kappa shape index (κ1) is 11.5. The molecule has 1 rings (SSSR count). The third kappa shape index (κ3) is 2.66. The average Bonchev–Trinajstić information content (AvgIpc) is 2.26. The standard InChI is InChI=1S/C9H10ClN3O2/c1-11-9(14)7(13-15-2)6-4-3-5-12-8(6)10/h3-5H,1-2H3,(H,11,14). The molecule has 1 heterocycles. The van der Waals surface area contributed by atoms with E-state index in [0.29, 0.717) is 5.56 Å². The van der Waals surface area contributed by atoms with Gasteiger partial charge in [0, 0.05) is 18.8 Å². The van der Waals surface area contributed by atoms with Gasteiger partial charge in [0.1, 0.15) is 12.3 Å². The van der Waals surface area contributed by atoms with Crippen LogP contribution in [0.2, 0.25) is 5.15 Å². The van der Waals surface area contributed by atoms with Crippen molar-refractivity contribution in [3.05, 3.63) is 29.0 Å². The third-order valence-corrected chi connectivity index (χ3v) is 1.94. The lowest BCUT2D eigenvalue weighted by atomic mass is 10.1. The summed E-state index contributed by atoms with van der Waals surface area (Å²) in [5.41, 5.74) is 0.526. The Labute approximate surface area is 92.1 Å². The zero-order valence-corrected chi connectivity index (χ0v) is 9.08. The zero-order valence-electron chi connectivity index (χ0n) is 8.32. The molecule has 0 bridgehead atoms. The highest BCUT2D eigenvalue weighted by Crippen LogP contribution is 2.13. The smallest absolute Gasteiger partial charge is 0.273 e. The van der Waals surface area contributed by atoms with Gasteiger partial charge < -0.3 is 10.2 Å². The van der Waals surface area contributed by atoms with Crippen molar-refractivity contribution in [1.82, 2.24) is 10.3 Å². The van der Waals surface area contributed by atoms with E-state index in [1.807, 2.05) is 0 Å². The second-order valence-electron chi connectivity index (χ2n) is 2.54. The Hall–Kier alpha value is -1.62. The van der Waals surface area contributed by atoms with Crippen LogP contribution >= 0.6 is 11.6 Å². The molecule has 0 radical (unpaired) electrons. The minimum Gasteiger partial charge on any atom is -0.398 e. The number of carbonyl (C=O) groups is 1. The van der Waals surface area contributed by atoms with Crippen LogP contribution in [-0.4, -0.2) is 30.8 Å². The first-order valence-corrected chi connectivity index (χ1v) is 4.52. The summed E-state index contributed by atoms with van der Waals surface area (Å²) in [6.45, 7) is 0. The number of rotatable bonds is 3. The van der Waals surface area contributed by atoms with Crippen molar-refractivity contribution in [2.24, 2.45) is 5.16 Å². The van der Waals surface area contributed by atoms with Crippen LogP contribution < -0.4 is 5.32 Å². The van der Waals surface area contributed by atoms with E-state index >= 15 is 0 Å². The van der Waals surface area contributed by atoms with Gasteiger partial charge in [-0.05, 0) is 12.1 Å². The number of carbonyl (C=O) groups excluding carboxylic acids is 1. The summed E-state index contributed by atoms with van der Waals surface area (Å²) < 4.78 is 0. The van der Waals surface area contributed by atoms with Crippen molar-refractivity contribution in [2.45, 2.75) is 0 Å². The fraction of sp³-hybridized carbons (Fsp3) is 0.222. The van der Waals surface area contributed by atoms with E-state index in [4.69, 9.17) is 11.6 Å². The summed E-state index contributed by atoms with van der Waals surface area (Å²) in [5, 5.41) is 6.25. The molecule has 0 atom stereocenters. The van der Waals surface area contributed by atoms with E-state index in [9.17, 15) is 4.79 Å². The summed E-state index contributed by atoms with van der Waals surface area (Å²) in [7, 11) is 2.85. The van der Waals surface area contributed by atoms with Crippen molar-refractivity contribution in [3.63, 3.8) is 0 Å². The second-order valence-corrected chi connectivity index (χ2v) is 2.90. The van der Waals surface area contributed by atoms with E-state index in [0.717, 1.165) is 0 Å². The Balaban J connectivity index is 3.17. The number of pyridine rings is 1. The third-order valence-electron chi connectivity index (χ3n) is 1.64. The molecule has 0 aliphatic rings. The number of nitrogens with one attached hydrogen (secondary N) is 1. The average molecular weight is 228 g/mol. The van der Waals surface area contributed by atoms with Gasteiger partial charge in [0.05, 0.1) is 0 Å². The summed E-state index contributed by atoms with van der Waals surface area (Å²) >= 11 is 5.83. The fourth-order valence-corrected chi connectivity index (χ4v) is 1.19. The minimum atomic E-state index is -0.383. The molecular weight excluding hydrogens is 218 g/mol. The van der Waals surface area contributed by atoms with Gasteiger partial charge >= 0.3 is 0 Å². The van der Waals surface area contributed by atoms with Crippen LogP contribution in [0.1, 0.15) is 5.56 Å². The van der Waals surface area contributed by atoms with Crippen molar-refractivity contribution < 1.29 is 9.63 Å². The number of oxime groups is 1. The number of halogens is 1. The molecule has 6 heteroatoms. The molecule has 5 nitrogen and oxygen atoms in total. The molecule has 0 fully saturated rings. The zero-order chi connectivity index (χ0) is 11.3. The van der Waals surface area contributed by atoms with E-state index < -0.39 is 0 Å². The Kier molecular flexibility index (Phi) is 4.05. The van der Waals surface area contributed by atoms with Crippen molar-refractivity contribution >= 4 is 23.2 Å². The molecule has 0 saturated heterocycles. The molecule has 0 saturated carbocycles. The Morgan fingerprint density at radius 1 is 1.67 bits per heavy atom. The molecule has 1 aromatic heterocycles. The van der Waals surface area contributed by atoms with Gasteiger partial charge in [-0.3, -0.25) is 4.79 Å². The Bertz CT molecular complexity index is 393. The number of likely N-dealkylation sites (N-methyl/N-ethyl adjacent to an activating group) is 1. The van der Waals surface area contributed by atoms with Gasteiger partial charge in [0.25, 0.3) is 5.91 Å². The maximum absolute atomic E-state index is 11.4. The number of hydrogen-bond donors (Lipinski definition) is 1. The van der Waals surface area contributed by atoms with Crippen LogP contribution in [0.5, 0.6) is 0 Å². The number of hydrogen-bond acceptors (Lipinski definition) is 4.